The fraction of sp³-hybridized carbons (Fsp3) is 0.158. The van der Waals surface area contributed by atoms with Gasteiger partial charge in [0.25, 0.3) is 5.91 Å². The molecule has 0 fully saturated rings. The maximum Gasteiger partial charge on any atom is 0.252 e. The Morgan fingerprint density at radius 2 is 2.00 bits per heavy atom. The molecule has 3 aromatic rings. The van der Waals surface area contributed by atoms with Crippen LogP contribution < -0.4 is 10.6 Å². The van der Waals surface area contributed by atoms with Crippen molar-refractivity contribution in [3.8, 4) is 0 Å². The number of nitrogens with zero attached hydrogens (tertiary/aromatic N) is 1. The number of amides is 2. The van der Waals surface area contributed by atoms with Crippen LogP contribution in [-0.4, -0.2) is 16.4 Å². The average Bonchev–Trinajstić information content (AvgIpc) is 3.10. The van der Waals surface area contributed by atoms with Crippen LogP contribution in [0.1, 0.15) is 28.4 Å². The van der Waals surface area contributed by atoms with Gasteiger partial charge in [-0.15, -0.1) is 0 Å². The Morgan fingerprint density at radius 1 is 1.17 bits per heavy atom. The van der Waals surface area contributed by atoms with Gasteiger partial charge in [-0.3, -0.25) is 9.59 Å². The summed E-state index contributed by atoms with van der Waals surface area (Å²) >= 11 is 0. The molecular weight excluding hydrogens is 302 g/mol. The maximum absolute atomic E-state index is 12.5. The Labute approximate surface area is 139 Å². The van der Waals surface area contributed by atoms with Gasteiger partial charge in [-0.25, -0.2) is 0 Å². The number of nitrogens with one attached hydrogen (secondary N) is 2. The third-order valence-corrected chi connectivity index (χ3v) is 4.48. The van der Waals surface area contributed by atoms with Crippen molar-refractivity contribution in [3.05, 3.63) is 65.9 Å². The molecule has 1 aliphatic rings. The fourth-order valence-corrected chi connectivity index (χ4v) is 3.28. The minimum absolute atomic E-state index is 0.117. The number of benzene rings is 2. The Balaban J connectivity index is 1.54. The van der Waals surface area contributed by atoms with E-state index in [9.17, 15) is 9.59 Å². The molecule has 1 aliphatic heterocycles. The van der Waals surface area contributed by atoms with E-state index in [-0.39, 0.29) is 24.3 Å². The van der Waals surface area contributed by atoms with Gasteiger partial charge in [-0.05, 0) is 29.8 Å². The van der Waals surface area contributed by atoms with Crippen LogP contribution in [-0.2, 0) is 11.8 Å². The maximum atomic E-state index is 12.5. The van der Waals surface area contributed by atoms with Crippen LogP contribution in [0.2, 0.25) is 0 Å². The number of aromatic nitrogens is 1. The van der Waals surface area contributed by atoms with Crippen molar-refractivity contribution < 1.29 is 9.59 Å². The number of hydrogen-bond donors (Lipinski definition) is 2. The molecule has 0 aliphatic carbocycles. The summed E-state index contributed by atoms with van der Waals surface area (Å²) in [4.78, 5) is 24.4. The van der Waals surface area contributed by atoms with Crippen LogP contribution in [0.4, 0.5) is 5.69 Å². The number of carbonyl (C=O) groups is 2. The summed E-state index contributed by atoms with van der Waals surface area (Å²) in [7, 11) is 1.97. The van der Waals surface area contributed by atoms with E-state index >= 15 is 0 Å². The zero-order valence-corrected chi connectivity index (χ0v) is 13.2. The molecule has 0 bridgehead atoms. The summed E-state index contributed by atoms with van der Waals surface area (Å²) in [5.74, 6) is -0.234. The van der Waals surface area contributed by atoms with Crippen LogP contribution >= 0.6 is 0 Å². The highest BCUT2D eigenvalue weighted by molar-refractivity contribution is 6.03. The third-order valence-electron chi connectivity index (χ3n) is 4.48. The Bertz CT molecular complexity index is 958. The molecule has 0 radical (unpaired) electrons. The number of aryl methyl sites for hydroxylation is 1. The van der Waals surface area contributed by atoms with Crippen molar-refractivity contribution in [2.75, 3.05) is 5.32 Å². The first-order valence-electron chi connectivity index (χ1n) is 7.87. The molecule has 2 aromatic carbocycles. The van der Waals surface area contributed by atoms with Crippen molar-refractivity contribution in [2.24, 2.45) is 7.05 Å². The normalized spacial score (nSPS) is 16.0. The number of hydrogen-bond acceptors (Lipinski definition) is 2. The largest absolute Gasteiger partial charge is 0.350 e. The predicted octanol–water partition coefficient (Wildman–Crippen LogP) is 2.99. The molecule has 1 atom stereocenters. The van der Waals surface area contributed by atoms with Gasteiger partial charge in [0.15, 0.2) is 0 Å². The highest BCUT2D eigenvalue weighted by atomic mass is 16.2. The molecule has 0 saturated heterocycles. The van der Waals surface area contributed by atoms with E-state index in [1.165, 1.54) is 0 Å². The predicted molar refractivity (Wildman–Crippen MR) is 92.8 cm³/mol. The van der Waals surface area contributed by atoms with Crippen molar-refractivity contribution in [1.29, 1.82) is 0 Å². The Hall–Kier alpha value is -3.08. The van der Waals surface area contributed by atoms with E-state index in [1.54, 1.807) is 6.07 Å². The number of fused-ring (bicyclic) bond motifs is 2. The number of anilines is 1. The second-order valence-corrected chi connectivity index (χ2v) is 6.03. The molecule has 4 rings (SSSR count). The zero-order valence-electron chi connectivity index (χ0n) is 13.2. The van der Waals surface area contributed by atoms with Gasteiger partial charge in [0, 0.05) is 29.7 Å². The van der Waals surface area contributed by atoms with Crippen molar-refractivity contribution >= 4 is 28.4 Å². The summed E-state index contributed by atoms with van der Waals surface area (Å²) in [6.45, 7) is 0. The van der Waals surface area contributed by atoms with Crippen molar-refractivity contribution in [3.63, 3.8) is 0 Å². The molecule has 0 unspecified atom stereocenters. The molecule has 2 N–H and O–H groups in total. The lowest BCUT2D eigenvalue weighted by Crippen LogP contribution is -2.24. The smallest absolute Gasteiger partial charge is 0.252 e. The molecule has 24 heavy (non-hydrogen) atoms. The lowest BCUT2D eigenvalue weighted by molar-refractivity contribution is -0.116. The summed E-state index contributed by atoms with van der Waals surface area (Å²) in [5.41, 5.74) is 3.39. The number of carbonyl (C=O) groups excluding carboxylic acids is 2. The van der Waals surface area contributed by atoms with E-state index < -0.39 is 0 Å². The summed E-state index contributed by atoms with van der Waals surface area (Å²) in [5, 5.41) is 6.84. The first-order chi connectivity index (χ1) is 11.6. The quantitative estimate of drug-likeness (QED) is 0.779. The monoisotopic (exact) mass is 319 g/mol. The summed E-state index contributed by atoms with van der Waals surface area (Å²) in [6.07, 6.45) is 2.18. The van der Waals surface area contributed by atoms with Gasteiger partial charge in [-0.1, -0.05) is 24.3 Å². The fourth-order valence-electron chi connectivity index (χ4n) is 3.28. The molecule has 2 heterocycles. The average molecular weight is 319 g/mol. The lowest BCUT2D eigenvalue weighted by Gasteiger charge is -2.12. The van der Waals surface area contributed by atoms with Crippen LogP contribution in [0.3, 0.4) is 0 Å². The molecule has 5 nitrogen and oxygen atoms in total. The van der Waals surface area contributed by atoms with E-state index in [1.807, 2.05) is 60.3 Å². The van der Waals surface area contributed by atoms with E-state index in [4.69, 9.17) is 0 Å². The lowest BCUT2D eigenvalue weighted by atomic mass is 10.0. The third kappa shape index (κ3) is 2.34. The SMILES string of the molecule is Cn1ccc2c(NC(=O)C[C@H]3NC(=O)c4ccccc43)cccc21. The number of rotatable bonds is 3. The summed E-state index contributed by atoms with van der Waals surface area (Å²) < 4.78 is 2.01. The first-order valence-corrected chi connectivity index (χ1v) is 7.87. The second-order valence-electron chi connectivity index (χ2n) is 6.03. The van der Waals surface area contributed by atoms with E-state index in [0.29, 0.717) is 5.56 Å². The first kappa shape index (κ1) is 14.5. The standard InChI is InChI=1S/C19H17N3O2/c1-22-10-9-14-15(7-4-8-17(14)22)20-18(23)11-16-12-5-2-3-6-13(12)19(24)21-16/h2-10,16H,11H2,1H3,(H,20,23)(H,21,24)/t16-/m1/s1. The highest BCUT2D eigenvalue weighted by Gasteiger charge is 2.29. The van der Waals surface area contributed by atoms with Gasteiger partial charge >= 0.3 is 0 Å². The second kappa shape index (κ2) is 5.53. The van der Waals surface area contributed by atoms with Gasteiger partial charge in [-0.2, -0.15) is 0 Å². The van der Waals surface area contributed by atoms with Gasteiger partial charge in [0.2, 0.25) is 5.91 Å². The molecule has 2 amide bonds. The van der Waals surface area contributed by atoms with E-state index in [0.717, 1.165) is 22.2 Å². The van der Waals surface area contributed by atoms with Gasteiger partial charge < -0.3 is 15.2 Å². The highest BCUT2D eigenvalue weighted by Crippen LogP contribution is 2.29. The Kier molecular flexibility index (Phi) is 3.34. The molecule has 1 aromatic heterocycles. The van der Waals surface area contributed by atoms with Gasteiger partial charge in [0.05, 0.1) is 18.2 Å². The van der Waals surface area contributed by atoms with E-state index in [2.05, 4.69) is 10.6 Å². The van der Waals surface area contributed by atoms with Crippen LogP contribution in [0, 0.1) is 0 Å². The van der Waals surface area contributed by atoms with Crippen LogP contribution in [0.25, 0.3) is 10.9 Å². The molecule has 0 spiro atoms. The molecule has 5 heteroatoms. The topological polar surface area (TPSA) is 63.1 Å². The molecule has 0 saturated carbocycles. The minimum atomic E-state index is -0.274. The van der Waals surface area contributed by atoms with Gasteiger partial charge in [0.1, 0.15) is 0 Å². The molecular formula is C19H17N3O2. The van der Waals surface area contributed by atoms with Crippen LogP contribution in [0.15, 0.2) is 54.7 Å². The zero-order chi connectivity index (χ0) is 16.7. The minimum Gasteiger partial charge on any atom is -0.350 e. The Morgan fingerprint density at radius 3 is 2.88 bits per heavy atom. The van der Waals surface area contributed by atoms with Crippen molar-refractivity contribution in [1.82, 2.24) is 9.88 Å². The van der Waals surface area contributed by atoms with Crippen LogP contribution in [0.5, 0.6) is 0 Å². The summed E-state index contributed by atoms with van der Waals surface area (Å²) in [6, 6.07) is 14.9. The molecule has 120 valence electrons. The van der Waals surface area contributed by atoms with Crippen molar-refractivity contribution in [2.45, 2.75) is 12.5 Å².